The first kappa shape index (κ1) is 16.6. The summed E-state index contributed by atoms with van der Waals surface area (Å²) in [7, 11) is 0. The number of benzene rings is 1. The van der Waals surface area contributed by atoms with Crippen LogP contribution in [-0.4, -0.2) is 18.7 Å². The smallest absolute Gasteiger partial charge is 0.138 e. The maximum Gasteiger partial charge on any atom is 0.138 e. The molecular weight excluding hydrogens is 257 g/mol. The summed E-state index contributed by atoms with van der Waals surface area (Å²) in [5.74, 6) is 0.761. The van der Waals surface area contributed by atoms with Crippen LogP contribution in [0.4, 0.5) is 0 Å². The third-order valence-electron chi connectivity index (χ3n) is 2.10. The molecule has 0 radical (unpaired) electrons. The van der Waals surface area contributed by atoms with Crippen LogP contribution in [0, 0.1) is 6.92 Å². The minimum atomic E-state index is 0. The summed E-state index contributed by atoms with van der Waals surface area (Å²) in [5, 5.41) is 4.03. The van der Waals surface area contributed by atoms with Crippen molar-refractivity contribution in [2.75, 3.05) is 13.2 Å². The fourth-order valence-corrected chi connectivity index (χ4v) is 1.48. The van der Waals surface area contributed by atoms with Crippen molar-refractivity contribution in [1.82, 2.24) is 5.32 Å². The summed E-state index contributed by atoms with van der Waals surface area (Å²) in [6.45, 7) is 9.86. The summed E-state index contributed by atoms with van der Waals surface area (Å²) >= 11 is 6.02. The van der Waals surface area contributed by atoms with Crippen LogP contribution in [0.2, 0.25) is 5.02 Å². The third kappa shape index (κ3) is 6.77. The van der Waals surface area contributed by atoms with E-state index >= 15 is 0 Å². The number of hydrogen-bond donors (Lipinski definition) is 1. The number of hydrogen-bond acceptors (Lipinski definition) is 2. The number of rotatable bonds is 4. The van der Waals surface area contributed by atoms with E-state index in [1.165, 1.54) is 0 Å². The lowest BCUT2D eigenvalue weighted by molar-refractivity contribution is 0.291. The predicted octanol–water partition coefficient (Wildman–Crippen LogP) is 3.84. The zero-order valence-corrected chi connectivity index (χ0v) is 12.4. The Kier molecular flexibility index (Phi) is 6.91. The van der Waals surface area contributed by atoms with E-state index in [2.05, 4.69) is 26.1 Å². The van der Waals surface area contributed by atoms with Gasteiger partial charge in [0.1, 0.15) is 12.4 Å². The van der Waals surface area contributed by atoms with Gasteiger partial charge in [-0.2, -0.15) is 0 Å². The molecule has 1 rings (SSSR count). The van der Waals surface area contributed by atoms with E-state index < -0.39 is 0 Å². The number of nitrogens with one attached hydrogen (secondary N) is 1. The highest BCUT2D eigenvalue weighted by Gasteiger charge is 2.08. The van der Waals surface area contributed by atoms with E-state index in [1.54, 1.807) is 0 Å². The molecule has 0 amide bonds. The summed E-state index contributed by atoms with van der Waals surface area (Å²) in [5.41, 5.74) is 1.28. The second-order valence-corrected chi connectivity index (χ2v) is 5.37. The number of aryl methyl sites for hydroxylation is 1. The first-order chi connectivity index (χ1) is 7.38. The molecule has 0 spiro atoms. The van der Waals surface area contributed by atoms with Gasteiger partial charge in [0.15, 0.2) is 0 Å². The van der Waals surface area contributed by atoms with Crippen molar-refractivity contribution in [3.05, 3.63) is 28.8 Å². The van der Waals surface area contributed by atoms with E-state index in [0.717, 1.165) is 17.9 Å². The number of ether oxygens (including phenoxy) is 1. The molecule has 0 fully saturated rings. The monoisotopic (exact) mass is 277 g/mol. The molecule has 0 aromatic heterocycles. The molecule has 0 aliphatic carbocycles. The Morgan fingerprint density at radius 1 is 1.29 bits per heavy atom. The fraction of sp³-hybridized carbons (Fsp3) is 0.538. The highest BCUT2D eigenvalue weighted by molar-refractivity contribution is 6.32. The van der Waals surface area contributed by atoms with Crippen LogP contribution in [0.25, 0.3) is 0 Å². The zero-order valence-electron chi connectivity index (χ0n) is 10.8. The lowest BCUT2D eigenvalue weighted by atomic mass is 10.1. The maximum atomic E-state index is 6.02. The minimum absolute atomic E-state index is 0. The van der Waals surface area contributed by atoms with Gasteiger partial charge >= 0.3 is 0 Å². The normalized spacial score (nSPS) is 10.9. The van der Waals surface area contributed by atoms with Crippen LogP contribution < -0.4 is 10.1 Å². The van der Waals surface area contributed by atoms with Crippen molar-refractivity contribution in [3.8, 4) is 5.75 Å². The average molecular weight is 278 g/mol. The first-order valence-electron chi connectivity index (χ1n) is 5.52. The molecule has 1 aromatic carbocycles. The predicted molar refractivity (Wildman–Crippen MR) is 76.7 cm³/mol. The highest BCUT2D eigenvalue weighted by atomic mass is 35.5. The van der Waals surface area contributed by atoms with Gasteiger partial charge in [0, 0.05) is 12.1 Å². The summed E-state index contributed by atoms with van der Waals surface area (Å²) < 4.78 is 5.62. The van der Waals surface area contributed by atoms with Gasteiger partial charge in [-0.3, -0.25) is 0 Å². The Morgan fingerprint density at radius 3 is 2.53 bits per heavy atom. The molecule has 2 nitrogen and oxygen atoms in total. The van der Waals surface area contributed by atoms with E-state index in [1.807, 2.05) is 25.1 Å². The Morgan fingerprint density at radius 2 is 1.94 bits per heavy atom. The van der Waals surface area contributed by atoms with Gasteiger partial charge < -0.3 is 10.1 Å². The van der Waals surface area contributed by atoms with Gasteiger partial charge in [0.25, 0.3) is 0 Å². The molecule has 1 aromatic rings. The molecule has 0 saturated carbocycles. The quantitative estimate of drug-likeness (QED) is 0.845. The molecular formula is C13H21Cl2NO. The van der Waals surface area contributed by atoms with Gasteiger partial charge in [-0.15, -0.1) is 12.4 Å². The van der Waals surface area contributed by atoms with Crippen LogP contribution >= 0.6 is 24.0 Å². The summed E-state index contributed by atoms with van der Waals surface area (Å²) in [6.07, 6.45) is 0. The van der Waals surface area contributed by atoms with Crippen LogP contribution in [0.3, 0.4) is 0 Å². The molecule has 0 unspecified atom stereocenters. The van der Waals surface area contributed by atoms with E-state index in [0.29, 0.717) is 11.6 Å². The molecule has 0 heterocycles. The summed E-state index contributed by atoms with van der Waals surface area (Å²) in [6, 6.07) is 5.80. The molecule has 0 bridgehead atoms. The van der Waals surface area contributed by atoms with Crippen molar-refractivity contribution >= 4 is 24.0 Å². The van der Waals surface area contributed by atoms with Gasteiger partial charge in [0.2, 0.25) is 0 Å². The highest BCUT2D eigenvalue weighted by Crippen LogP contribution is 2.24. The van der Waals surface area contributed by atoms with Crippen LogP contribution in [0.5, 0.6) is 5.75 Å². The Hall–Kier alpha value is -0.440. The third-order valence-corrected chi connectivity index (χ3v) is 2.41. The second kappa shape index (κ2) is 7.10. The maximum absolute atomic E-state index is 6.02. The lowest BCUT2D eigenvalue weighted by Gasteiger charge is -2.20. The topological polar surface area (TPSA) is 21.3 Å². The van der Waals surface area contributed by atoms with Crippen LogP contribution in [0.15, 0.2) is 18.2 Å². The van der Waals surface area contributed by atoms with Gasteiger partial charge in [0.05, 0.1) is 5.02 Å². The first-order valence-corrected chi connectivity index (χ1v) is 5.90. The summed E-state index contributed by atoms with van der Waals surface area (Å²) in [4.78, 5) is 0. The molecule has 0 saturated heterocycles. The van der Waals surface area contributed by atoms with Gasteiger partial charge in [-0.25, -0.2) is 0 Å². The Balaban J connectivity index is 0.00000256. The van der Waals surface area contributed by atoms with Crippen molar-refractivity contribution < 1.29 is 4.74 Å². The van der Waals surface area contributed by atoms with E-state index in [9.17, 15) is 0 Å². The average Bonchev–Trinajstić information content (AvgIpc) is 2.16. The Labute approximate surface area is 115 Å². The van der Waals surface area contributed by atoms with Crippen LogP contribution in [-0.2, 0) is 0 Å². The van der Waals surface area contributed by atoms with Crippen LogP contribution in [0.1, 0.15) is 26.3 Å². The number of halogens is 2. The molecule has 17 heavy (non-hydrogen) atoms. The molecule has 98 valence electrons. The molecule has 1 N–H and O–H groups in total. The molecule has 0 aliphatic rings. The van der Waals surface area contributed by atoms with E-state index in [4.69, 9.17) is 16.3 Å². The van der Waals surface area contributed by atoms with E-state index in [-0.39, 0.29) is 17.9 Å². The zero-order chi connectivity index (χ0) is 12.2. The minimum Gasteiger partial charge on any atom is -0.491 e. The Bertz CT molecular complexity index is 348. The van der Waals surface area contributed by atoms with Gasteiger partial charge in [-0.1, -0.05) is 17.7 Å². The van der Waals surface area contributed by atoms with Crippen molar-refractivity contribution in [1.29, 1.82) is 0 Å². The molecule has 4 heteroatoms. The van der Waals surface area contributed by atoms with Crippen molar-refractivity contribution in [2.24, 2.45) is 0 Å². The molecule has 0 aliphatic heterocycles. The fourth-order valence-electron chi connectivity index (χ4n) is 1.31. The molecule has 0 atom stereocenters. The van der Waals surface area contributed by atoms with Gasteiger partial charge in [-0.05, 0) is 45.4 Å². The van der Waals surface area contributed by atoms with Crippen molar-refractivity contribution in [2.45, 2.75) is 33.2 Å². The largest absolute Gasteiger partial charge is 0.491 e. The lowest BCUT2D eigenvalue weighted by Crippen LogP contribution is -2.38. The SMILES string of the molecule is Cc1ccc(Cl)c(OCCNC(C)(C)C)c1.Cl. The standard InChI is InChI=1S/C13H20ClNO.ClH/c1-10-5-6-11(14)12(9-10)16-8-7-15-13(2,3)4;/h5-6,9,15H,7-8H2,1-4H3;1H. The second-order valence-electron chi connectivity index (χ2n) is 4.96. The van der Waals surface area contributed by atoms with Crippen molar-refractivity contribution in [3.63, 3.8) is 0 Å².